The number of hydrogen-bond donors (Lipinski definition) is 0. The molecule has 14 aromatic rings. The molecule has 0 aliphatic heterocycles. The molecular weight excluding hydrogens is 799 g/mol. The van der Waals surface area contributed by atoms with Crippen LogP contribution in [0.4, 0.5) is 0 Å². The van der Waals surface area contributed by atoms with E-state index in [0.29, 0.717) is 17.5 Å². The molecule has 0 aliphatic rings. The van der Waals surface area contributed by atoms with Crippen molar-refractivity contribution >= 4 is 102 Å². The normalized spacial score (nSPS) is 12.1. The maximum absolute atomic E-state index is 5.57. The number of rotatable bonds is 4. The van der Waals surface area contributed by atoms with Crippen LogP contribution >= 0.6 is 11.3 Å². The molecule has 14 rings (SSSR count). The quantitative estimate of drug-likeness (QED) is 0.166. The van der Waals surface area contributed by atoms with E-state index in [4.69, 9.17) is 19.9 Å². The van der Waals surface area contributed by atoms with Gasteiger partial charge in [0.2, 0.25) is 0 Å². The lowest BCUT2D eigenvalue weighted by Gasteiger charge is -2.12. The second-order valence-electron chi connectivity index (χ2n) is 16.6. The van der Waals surface area contributed by atoms with Gasteiger partial charge >= 0.3 is 0 Å². The van der Waals surface area contributed by atoms with Gasteiger partial charge in [0.1, 0.15) is 0 Å². The molecule has 0 spiro atoms. The number of pyridine rings is 1. The molecule has 0 radical (unpaired) electrons. The van der Waals surface area contributed by atoms with Gasteiger partial charge in [-0.05, 0) is 84.4 Å². The first-order valence-corrected chi connectivity index (χ1v) is 22.4. The Bertz CT molecular complexity index is 4160. The van der Waals surface area contributed by atoms with E-state index in [1.54, 1.807) is 0 Å². The fraction of sp³-hybridized carbons (Fsp3) is 0. The van der Waals surface area contributed by atoms with Crippen molar-refractivity contribution in [2.24, 2.45) is 0 Å². The van der Waals surface area contributed by atoms with Crippen LogP contribution in [0.3, 0.4) is 0 Å². The maximum Gasteiger partial charge on any atom is 0.164 e. The van der Waals surface area contributed by atoms with Gasteiger partial charge in [0, 0.05) is 37.5 Å². The molecule has 0 bridgehead atoms. The lowest BCUT2D eigenvalue weighted by Crippen LogP contribution is -2.00. The van der Waals surface area contributed by atoms with Gasteiger partial charge in [0.15, 0.2) is 23.1 Å². The highest BCUT2D eigenvalue weighted by atomic mass is 32.1. The fourth-order valence-corrected chi connectivity index (χ4v) is 11.0. The van der Waals surface area contributed by atoms with E-state index in [9.17, 15) is 0 Å². The van der Waals surface area contributed by atoms with Crippen molar-refractivity contribution in [3.8, 4) is 45.4 Å². The summed E-state index contributed by atoms with van der Waals surface area (Å²) in [5.74, 6) is 1.89. The molecule has 0 aliphatic carbocycles. The average Bonchev–Trinajstić information content (AvgIpc) is 3.95. The SMILES string of the molecule is c1ccc2cc(-c3nc(-c4ccc(-c5cc6c(sc7ccc8ccccc8c76)c6nc7c8ccc9ccccc9c8ccc7n56)cc4)nc(-c4ccc5ccccc5c4)n3)ccc2c1. The predicted molar refractivity (Wildman–Crippen MR) is 268 cm³/mol. The number of benzene rings is 10. The predicted octanol–water partition coefficient (Wildman–Crippen LogP) is 15.5. The van der Waals surface area contributed by atoms with E-state index in [2.05, 4.69) is 205 Å². The number of aromatic nitrogens is 5. The number of hydrogen-bond acceptors (Lipinski definition) is 5. The second kappa shape index (κ2) is 13.6. The Labute approximate surface area is 370 Å². The van der Waals surface area contributed by atoms with E-state index in [0.717, 1.165) is 60.8 Å². The fourth-order valence-electron chi connectivity index (χ4n) is 9.85. The summed E-state index contributed by atoms with van der Waals surface area (Å²) in [6.45, 7) is 0. The minimum Gasteiger partial charge on any atom is -0.291 e. The van der Waals surface area contributed by atoms with Gasteiger partial charge in [-0.25, -0.2) is 19.9 Å². The van der Waals surface area contributed by atoms with Crippen molar-refractivity contribution < 1.29 is 0 Å². The van der Waals surface area contributed by atoms with Crippen LogP contribution in [0.5, 0.6) is 0 Å². The molecule has 0 N–H and O–H groups in total. The molecule has 4 aromatic heterocycles. The Morgan fingerprint density at radius 3 is 1.55 bits per heavy atom. The van der Waals surface area contributed by atoms with Crippen LogP contribution in [0, 0.1) is 0 Å². The van der Waals surface area contributed by atoms with Gasteiger partial charge in [-0.15, -0.1) is 11.3 Å². The van der Waals surface area contributed by atoms with Crippen LogP contribution in [0.15, 0.2) is 200 Å². The minimum atomic E-state index is 0.621. The Morgan fingerprint density at radius 2 is 0.859 bits per heavy atom. The number of nitrogens with zero attached hydrogens (tertiary/aromatic N) is 5. The second-order valence-corrected chi connectivity index (χ2v) is 17.7. The third kappa shape index (κ3) is 5.36. The van der Waals surface area contributed by atoms with Crippen LogP contribution in [0.1, 0.15) is 0 Å². The van der Waals surface area contributed by atoms with Crippen molar-refractivity contribution in [3.63, 3.8) is 0 Å². The van der Waals surface area contributed by atoms with Crippen LogP contribution in [0.2, 0.25) is 0 Å². The zero-order chi connectivity index (χ0) is 41.9. The van der Waals surface area contributed by atoms with Crippen molar-refractivity contribution in [2.45, 2.75) is 0 Å². The highest BCUT2D eigenvalue weighted by Crippen LogP contribution is 2.44. The van der Waals surface area contributed by atoms with Gasteiger partial charge in [-0.1, -0.05) is 170 Å². The number of thiophene rings is 1. The molecule has 296 valence electrons. The summed E-state index contributed by atoms with van der Waals surface area (Å²) in [5, 5.41) is 14.4. The van der Waals surface area contributed by atoms with Crippen LogP contribution in [0.25, 0.3) is 136 Å². The summed E-state index contributed by atoms with van der Waals surface area (Å²) in [6, 6.07) is 71.5. The van der Waals surface area contributed by atoms with Crippen molar-refractivity contribution in [2.75, 3.05) is 0 Å². The van der Waals surface area contributed by atoms with Crippen molar-refractivity contribution in [1.29, 1.82) is 0 Å². The van der Waals surface area contributed by atoms with Gasteiger partial charge in [-0.2, -0.15) is 0 Å². The first-order chi connectivity index (χ1) is 31.7. The van der Waals surface area contributed by atoms with Gasteiger partial charge < -0.3 is 0 Å². The van der Waals surface area contributed by atoms with E-state index < -0.39 is 0 Å². The molecule has 0 fully saturated rings. The summed E-state index contributed by atoms with van der Waals surface area (Å²) in [7, 11) is 0. The van der Waals surface area contributed by atoms with E-state index in [-0.39, 0.29) is 0 Å². The summed E-state index contributed by atoms with van der Waals surface area (Å²) >= 11 is 1.83. The molecule has 0 saturated carbocycles. The molecule has 0 unspecified atom stereocenters. The lowest BCUT2D eigenvalue weighted by molar-refractivity contribution is 1.07. The number of imidazole rings is 1. The zero-order valence-electron chi connectivity index (χ0n) is 34.2. The molecule has 10 aromatic carbocycles. The Morgan fingerprint density at radius 1 is 0.344 bits per heavy atom. The Hall–Kier alpha value is -8.32. The molecular formula is C58H33N5S. The summed E-state index contributed by atoms with van der Waals surface area (Å²) in [6.07, 6.45) is 0. The first kappa shape index (κ1) is 35.3. The van der Waals surface area contributed by atoms with E-state index in [1.165, 1.54) is 57.9 Å². The molecule has 64 heavy (non-hydrogen) atoms. The summed E-state index contributed by atoms with van der Waals surface area (Å²) in [4.78, 5) is 21.0. The summed E-state index contributed by atoms with van der Waals surface area (Å²) < 4.78 is 4.81. The first-order valence-electron chi connectivity index (χ1n) is 21.5. The van der Waals surface area contributed by atoms with Crippen LogP contribution < -0.4 is 0 Å². The molecule has 5 nitrogen and oxygen atoms in total. The van der Waals surface area contributed by atoms with E-state index in [1.807, 2.05) is 11.3 Å². The summed E-state index contributed by atoms with van der Waals surface area (Å²) in [5.41, 5.74) is 8.00. The largest absolute Gasteiger partial charge is 0.291 e. The van der Waals surface area contributed by atoms with E-state index >= 15 is 0 Å². The third-order valence-corrected chi connectivity index (χ3v) is 14.1. The van der Waals surface area contributed by atoms with Crippen molar-refractivity contribution in [1.82, 2.24) is 24.3 Å². The Balaban J connectivity index is 0.986. The third-order valence-electron chi connectivity index (χ3n) is 13.0. The highest BCUT2D eigenvalue weighted by Gasteiger charge is 2.21. The Kier molecular flexibility index (Phi) is 7.49. The monoisotopic (exact) mass is 831 g/mol. The highest BCUT2D eigenvalue weighted by molar-refractivity contribution is 7.26. The van der Waals surface area contributed by atoms with Gasteiger partial charge in [-0.3, -0.25) is 4.40 Å². The topological polar surface area (TPSA) is 56.0 Å². The molecule has 0 saturated heterocycles. The lowest BCUT2D eigenvalue weighted by atomic mass is 10.0. The van der Waals surface area contributed by atoms with Crippen LogP contribution in [-0.2, 0) is 0 Å². The maximum atomic E-state index is 5.57. The van der Waals surface area contributed by atoms with Crippen molar-refractivity contribution in [3.05, 3.63) is 200 Å². The minimum absolute atomic E-state index is 0.621. The van der Waals surface area contributed by atoms with Crippen LogP contribution in [-0.4, -0.2) is 24.3 Å². The molecule has 0 amide bonds. The average molecular weight is 832 g/mol. The molecule has 0 atom stereocenters. The van der Waals surface area contributed by atoms with Gasteiger partial charge in [0.05, 0.1) is 21.4 Å². The standard InChI is InChI=1S/C58H33N5S/c1-3-13-40-31-42(23-17-34(40)9-1)56-60-55(61-57(62-56)43-24-18-35-10-2-4-14-41(35)32-43)39-21-19-38(20-22-39)50-33-48-52-45-16-8-6-12-37(45)26-30-51(52)64-54(48)58-59-53-47-27-25-36-11-5-7-15-44(36)46(47)28-29-49(53)63(50)58/h1-33H. The smallest absolute Gasteiger partial charge is 0.164 e. The number of fused-ring (bicyclic) bond motifs is 15. The molecule has 6 heteroatoms. The zero-order valence-corrected chi connectivity index (χ0v) is 35.0. The van der Waals surface area contributed by atoms with Gasteiger partial charge in [0.25, 0.3) is 0 Å². The molecule has 4 heterocycles.